The van der Waals surface area contributed by atoms with Crippen LogP contribution in [0.3, 0.4) is 0 Å². The van der Waals surface area contributed by atoms with Crippen molar-refractivity contribution in [2.24, 2.45) is 11.8 Å². The van der Waals surface area contributed by atoms with Crippen molar-refractivity contribution in [1.29, 1.82) is 0 Å². The highest BCUT2D eigenvalue weighted by atomic mass is 16.6. The molecule has 0 aliphatic carbocycles. The highest BCUT2D eigenvalue weighted by Gasteiger charge is 2.34. The molecule has 1 aliphatic rings. The standard InChI is InChI=1S/C22H36N2O4/c1-7-10-16(3)20(26)23-15-18-12-9-13-24(18)21(27)17(11-8-2)14-19(25)28-22(4,5)6/h7-8,16-18H,1-2,9-15H2,3-6H3,(H,23,26)/t16-,17?,18-/m0/s1. The van der Waals surface area contributed by atoms with Crippen LogP contribution in [0, 0.1) is 11.8 Å². The van der Waals surface area contributed by atoms with E-state index in [4.69, 9.17) is 4.74 Å². The molecule has 1 N–H and O–H groups in total. The third kappa shape index (κ3) is 7.87. The molecule has 0 spiro atoms. The molecule has 28 heavy (non-hydrogen) atoms. The molecule has 0 saturated carbocycles. The molecule has 2 amide bonds. The van der Waals surface area contributed by atoms with Gasteiger partial charge in [0.05, 0.1) is 12.3 Å². The minimum absolute atomic E-state index is 0.0319. The van der Waals surface area contributed by atoms with Gasteiger partial charge in [-0.1, -0.05) is 19.1 Å². The number of rotatable bonds is 10. The lowest BCUT2D eigenvalue weighted by atomic mass is 9.98. The second-order valence-electron chi connectivity index (χ2n) is 8.51. The lowest BCUT2D eigenvalue weighted by Gasteiger charge is -2.29. The minimum Gasteiger partial charge on any atom is -0.460 e. The van der Waals surface area contributed by atoms with Gasteiger partial charge in [-0.3, -0.25) is 14.4 Å². The van der Waals surface area contributed by atoms with Gasteiger partial charge in [-0.2, -0.15) is 0 Å². The SMILES string of the molecule is C=CCC(CC(=O)OC(C)(C)C)C(=O)N1CCC[C@H]1CNC(=O)[C@@H](C)CC=C. The van der Waals surface area contributed by atoms with Crippen molar-refractivity contribution in [3.63, 3.8) is 0 Å². The Morgan fingerprint density at radius 1 is 1.21 bits per heavy atom. The average molecular weight is 393 g/mol. The molecule has 0 aromatic rings. The van der Waals surface area contributed by atoms with Gasteiger partial charge >= 0.3 is 5.97 Å². The quantitative estimate of drug-likeness (QED) is 0.457. The first kappa shape index (κ1) is 23.9. The first-order chi connectivity index (χ1) is 13.1. The number of carbonyl (C=O) groups is 3. The van der Waals surface area contributed by atoms with Gasteiger partial charge in [0, 0.05) is 25.0 Å². The Kier molecular flexibility index (Phi) is 9.42. The maximum Gasteiger partial charge on any atom is 0.307 e. The van der Waals surface area contributed by atoms with Gasteiger partial charge in [0.1, 0.15) is 5.60 Å². The number of likely N-dealkylation sites (tertiary alicyclic amines) is 1. The minimum atomic E-state index is -0.582. The highest BCUT2D eigenvalue weighted by molar-refractivity contribution is 5.84. The summed E-state index contributed by atoms with van der Waals surface area (Å²) in [6, 6.07) is -0.0432. The van der Waals surface area contributed by atoms with Crippen LogP contribution >= 0.6 is 0 Å². The molecule has 1 heterocycles. The summed E-state index contributed by atoms with van der Waals surface area (Å²) in [6.45, 7) is 15.7. The van der Waals surface area contributed by atoms with Gasteiger partial charge in [-0.05, 0) is 46.5 Å². The summed E-state index contributed by atoms with van der Waals surface area (Å²) in [4.78, 5) is 39.2. The molecule has 1 unspecified atom stereocenters. The van der Waals surface area contributed by atoms with E-state index >= 15 is 0 Å². The van der Waals surface area contributed by atoms with Gasteiger partial charge in [-0.25, -0.2) is 0 Å². The van der Waals surface area contributed by atoms with E-state index in [0.29, 0.717) is 25.9 Å². The van der Waals surface area contributed by atoms with E-state index in [2.05, 4.69) is 18.5 Å². The fraction of sp³-hybridized carbons (Fsp3) is 0.682. The molecule has 158 valence electrons. The number of hydrogen-bond donors (Lipinski definition) is 1. The maximum atomic E-state index is 13.1. The third-order valence-corrected chi connectivity index (χ3v) is 4.77. The molecule has 0 radical (unpaired) electrons. The molecule has 0 bridgehead atoms. The predicted molar refractivity (Wildman–Crippen MR) is 110 cm³/mol. The Morgan fingerprint density at radius 2 is 1.86 bits per heavy atom. The number of nitrogens with zero attached hydrogens (tertiary/aromatic N) is 1. The molecular weight excluding hydrogens is 356 g/mol. The van der Waals surface area contributed by atoms with E-state index in [0.717, 1.165) is 12.8 Å². The topological polar surface area (TPSA) is 75.7 Å². The summed E-state index contributed by atoms with van der Waals surface area (Å²) >= 11 is 0. The molecule has 0 aromatic heterocycles. The van der Waals surface area contributed by atoms with Crippen LogP contribution in [0.2, 0.25) is 0 Å². The van der Waals surface area contributed by atoms with Crippen molar-refractivity contribution in [1.82, 2.24) is 10.2 Å². The predicted octanol–water partition coefficient (Wildman–Crippen LogP) is 3.23. The summed E-state index contributed by atoms with van der Waals surface area (Å²) in [5, 5.41) is 2.94. The van der Waals surface area contributed by atoms with Crippen molar-refractivity contribution < 1.29 is 19.1 Å². The first-order valence-corrected chi connectivity index (χ1v) is 10.1. The normalized spacial score (nSPS) is 18.9. The van der Waals surface area contributed by atoms with Crippen LogP contribution in [0.15, 0.2) is 25.3 Å². The summed E-state index contributed by atoms with van der Waals surface area (Å²) < 4.78 is 5.37. The molecule has 0 aromatic carbocycles. The number of nitrogens with one attached hydrogen (secondary N) is 1. The fourth-order valence-corrected chi connectivity index (χ4v) is 3.38. The molecule has 1 fully saturated rings. The lowest BCUT2D eigenvalue weighted by molar-refractivity contribution is -0.158. The second kappa shape index (κ2) is 11.0. The number of hydrogen-bond acceptors (Lipinski definition) is 4. The number of ether oxygens (including phenoxy) is 1. The smallest absolute Gasteiger partial charge is 0.307 e. The summed E-state index contributed by atoms with van der Waals surface area (Å²) in [7, 11) is 0. The van der Waals surface area contributed by atoms with Gasteiger partial charge < -0.3 is 15.0 Å². The lowest BCUT2D eigenvalue weighted by Crippen LogP contribution is -2.46. The summed E-state index contributed by atoms with van der Waals surface area (Å²) in [6.07, 6.45) is 6.20. The van der Waals surface area contributed by atoms with Crippen LogP contribution in [0.4, 0.5) is 0 Å². The van der Waals surface area contributed by atoms with Gasteiger partial charge in [-0.15, -0.1) is 13.2 Å². The maximum absolute atomic E-state index is 13.1. The Balaban J connectivity index is 2.71. The van der Waals surface area contributed by atoms with Gasteiger partial charge in [0.25, 0.3) is 0 Å². The molecule has 1 aliphatic heterocycles. The van der Waals surface area contributed by atoms with E-state index < -0.39 is 11.5 Å². The Morgan fingerprint density at radius 3 is 2.43 bits per heavy atom. The van der Waals surface area contributed by atoms with Crippen molar-refractivity contribution in [2.75, 3.05) is 13.1 Å². The van der Waals surface area contributed by atoms with E-state index in [-0.39, 0.29) is 36.2 Å². The van der Waals surface area contributed by atoms with Crippen LogP contribution in [0.1, 0.15) is 59.8 Å². The number of amides is 2. The van der Waals surface area contributed by atoms with Crippen molar-refractivity contribution >= 4 is 17.8 Å². The number of carbonyl (C=O) groups excluding carboxylic acids is 3. The Labute approximate surface area is 169 Å². The fourth-order valence-electron chi connectivity index (χ4n) is 3.38. The zero-order chi connectivity index (χ0) is 21.3. The van der Waals surface area contributed by atoms with E-state index in [1.807, 2.05) is 27.7 Å². The van der Waals surface area contributed by atoms with E-state index in [1.165, 1.54) is 0 Å². The molecule has 6 heteroatoms. The number of esters is 1. The second-order valence-corrected chi connectivity index (χ2v) is 8.51. The van der Waals surface area contributed by atoms with Crippen LogP contribution < -0.4 is 5.32 Å². The Bertz CT molecular complexity index is 580. The third-order valence-electron chi connectivity index (χ3n) is 4.77. The number of allylic oxidation sites excluding steroid dienone is 2. The first-order valence-electron chi connectivity index (χ1n) is 10.1. The summed E-state index contributed by atoms with van der Waals surface area (Å²) in [5.41, 5.74) is -0.582. The largest absolute Gasteiger partial charge is 0.460 e. The average Bonchev–Trinajstić information content (AvgIpc) is 3.05. The van der Waals surface area contributed by atoms with Crippen molar-refractivity contribution in [3.05, 3.63) is 25.3 Å². The monoisotopic (exact) mass is 392 g/mol. The van der Waals surface area contributed by atoms with Crippen LogP contribution in [0.5, 0.6) is 0 Å². The molecule has 6 nitrogen and oxygen atoms in total. The van der Waals surface area contributed by atoms with Crippen LogP contribution in [0.25, 0.3) is 0 Å². The molecule has 1 saturated heterocycles. The summed E-state index contributed by atoms with van der Waals surface area (Å²) in [5.74, 6) is -1.10. The van der Waals surface area contributed by atoms with Gasteiger partial charge in [0.2, 0.25) is 11.8 Å². The Hall–Kier alpha value is -2.11. The van der Waals surface area contributed by atoms with Crippen LogP contribution in [-0.4, -0.2) is 47.4 Å². The van der Waals surface area contributed by atoms with Crippen LogP contribution in [-0.2, 0) is 19.1 Å². The molecular formula is C22H36N2O4. The van der Waals surface area contributed by atoms with E-state index in [1.54, 1.807) is 17.1 Å². The zero-order valence-corrected chi connectivity index (χ0v) is 17.8. The zero-order valence-electron chi connectivity index (χ0n) is 17.8. The van der Waals surface area contributed by atoms with Crippen molar-refractivity contribution in [3.8, 4) is 0 Å². The molecule has 3 atom stereocenters. The van der Waals surface area contributed by atoms with Crippen molar-refractivity contribution in [2.45, 2.75) is 71.4 Å². The molecule has 1 rings (SSSR count). The van der Waals surface area contributed by atoms with Gasteiger partial charge in [0.15, 0.2) is 0 Å². The highest BCUT2D eigenvalue weighted by Crippen LogP contribution is 2.24. The van der Waals surface area contributed by atoms with E-state index in [9.17, 15) is 14.4 Å².